The maximum Gasteiger partial charge on any atom is 0.225 e. The average Bonchev–Trinajstić information content (AvgIpc) is 2.37. The van der Waals surface area contributed by atoms with Crippen LogP contribution in [0.25, 0.3) is 0 Å². The van der Waals surface area contributed by atoms with Crippen LogP contribution in [0.3, 0.4) is 0 Å². The highest BCUT2D eigenvalue weighted by atomic mass is 79.9. The summed E-state index contributed by atoms with van der Waals surface area (Å²) in [5.74, 6) is 0.920. The van der Waals surface area contributed by atoms with Crippen LogP contribution in [-0.4, -0.2) is 17.8 Å². The minimum absolute atomic E-state index is 0.0938. The van der Waals surface area contributed by atoms with E-state index in [1.807, 2.05) is 0 Å². The van der Waals surface area contributed by atoms with Gasteiger partial charge in [0.15, 0.2) is 0 Å². The van der Waals surface area contributed by atoms with Crippen molar-refractivity contribution < 1.29 is 4.79 Å². The van der Waals surface area contributed by atoms with E-state index in [1.54, 1.807) is 0 Å². The van der Waals surface area contributed by atoms with E-state index in [2.05, 4.69) is 35.1 Å². The lowest BCUT2D eigenvalue weighted by Gasteiger charge is -2.32. The minimum atomic E-state index is -0.0938. The second-order valence-corrected chi connectivity index (χ2v) is 6.76. The van der Waals surface area contributed by atoms with E-state index in [4.69, 9.17) is 0 Å². The standard InChI is InChI=1S/C15H28BrNO/c1-3-7-13(8-11-16)12-17-14(18)15(2)9-5-4-6-10-15/h13H,3-12H2,1-2H3,(H,17,18). The van der Waals surface area contributed by atoms with Crippen molar-refractivity contribution in [2.75, 3.05) is 11.9 Å². The van der Waals surface area contributed by atoms with Gasteiger partial charge in [-0.3, -0.25) is 4.79 Å². The second kappa shape index (κ2) is 8.19. The van der Waals surface area contributed by atoms with Crippen molar-refractivity contribution in [2.24, 2.45) is 11.3 Å². The van der Waals surface area contributed by atoms with Gasteiger partial charge in [0, 0.05) is 17.3 Å². The number of carbonyl (C=O) groups is 1. The molecule has 3 heteroatoms. The van der Waals surface area contributed by atoms with E-state index < -0.39 is 0 Å². The Morgan fingerprint density at radius 2 is 1.94 bits per heavy atom. The van der Waals surface area contributed by atoms with Crippen LogP contribution in [0.5, 0.6) is 0 Å². The summed E-state index contributed by atoms with van der Waals surface area (Å²) in [6.07, 6.45) is 9.42. The van der Waals surface area contributed by atoms with Crippen LogP contribution in [0.1, 0.15) is 65.2 Å². The summed E-state index contributed by atoms with van der Waals surface area (Å²) in [6.45, 7) is 5.21. The van der Waals surface area contributed by atoms with Crippen LogP contribution in [0.4, 0.5) is 0 Å². The summed E-state index contributed by atoms with van der Waals surface area (Å²) >= 11 is 3.50. The third-order valence-electron chi connectivity index (χ3n) is 4.27. The number of carbonyl (C=O) groups excluding carboxylic acids is 1. The van der Waals surface area contributed by atoms with Crippen molar-refractivity contribution >= 4 is 21.8 Å². The molecule has 1 N–H and O–H groups in total. The molecule has 0 bridgehead atoms. The summed E-state index contributed by atoms with van der Waals surface area (Å²) in [5.41, 5.74) is -0.0938. The van der Waals surface area contributed by atoms with Gasteiger partial charge in [-0.05, 0) is 31.6 Å². The number of amides is 1. The number of halogens is 1. The molecule has 0 aromatic rings. The van der Waals surface area contributed by atoms with Crippen molar-refractivity contribution in [2.45, 2.75) is 65.2 Å². The Labute approximate surface area is 120 Å². The molecule has 1 atom stereocenters. The van der Waals surface area contributed by atoms with E-state index >= 15 is 0 Å². The maximum atomic E-state index is 12.3. The van der Waals surface area contributed by atoms with Gasteiger partial charge in [0.05, 0.1) is 0 Å². The summed E-state index contributed by atoms with van der Waals surface area (Å²) in [7, 11) is 0. The first-order chi connectivity index (χ1) is 8.62. The van der Waals surface area contributed by atoms with Gasteiger partial charge >= 0.3 is 0 Å². The Balaban J connectivity index is 2.38. The molecule has 106 valence electrons. The van der Waals surface area contributed by atoms with Crippen LogP contribution in [0.2, 0.25) is 0 Å². The molecule has 18 heavy (non-hydrogen) atoms. The zero-order chi connectivity index (χ0) is 13.4. The molecule has 0 spiro atoms. The highest BCUT2D eigenvalue weighted by Gasteiger charge is 2.34. The van der Waals surface area contributed by atoms with Crippen molar-refractivity contribution in [3.63, 3.8) is 0 Å². The number of rotatable bonds is 7. The Hall–Kier alpha value is -0.0500. The van der Waals surface area contributed by atoms with Crippen LogP contribution < -0.4 is 5.32 Å². The molecule has 1 rings (SSSR count). The second-order valence-electron chi connectivity index (χ2n) is 5.96. The SMILES string of the molecule is CCCC(CCBr)CNC(=O)C1(C)CCCCC1. The van der Waals surface area contributed by atoms with E-state index in [-0.39, 0.29) is 11.3 Å². The zero-order valence-electron chi connectivity index (χ0n) is 11.9. The molecular weight excluding hydrogens is 290 g/mol. The van der Waals surface area contributed by atoms with E-state index in [9.17, 15) is 4.79 Å². The molecule has 1 aliphatic rings. The smallest absolute Gasteiger partial charge is 0.225 e. The largest absolute Gasteiger partial charge is 0.355 e. The summed E-state index contributed by atoms with van der Waals surface area (Å²) < 4.78 is 0. The van der Waals surface area contributed by atoms with Crippen LogP contribution in [0, 0.1) is 11.3 Å². The van der Waals surface area contributed by atoms with Gasteiger partial charge in [-0.15, -0.1) is 0 Å². The van der Waals surface area contributed by atoms with Gasteiger partial charge in [0.25, 0.3) is 0 Å². The molecule has 1 fully saturated rings. The molecule has 0 aromatic carbocycles. The molecule has 0 saturated heterocycles. The van der Waals surface area contributed by atoms with Crippen molar-refractivity contribution in [1.82, 2.24) is 5.32 Å². The van der Waals surface area contributed by atoms with Crippen molar-refractivity contribution in [3.8, 4) is 0 Å². The topological polar surface area (TPSA) is 29.1 Å². The van der Waals surface area contributed by atoms with Gasteiger partial charge < -0.3 is 5.32 Å². The first-order valence-electron chi connectivity index (χ1n) is 7.46. The number of hydrogen-bond donors (Lipinski definition) is 1. The lowest BCUT2D eigenvalue weighted by atomic mass is 9.75. The third-order valence-corrected chi connectivity index (χ3v) is 4.73. The fraction of sp³-hybridized carbons (Fsp3) is 0.933. The van der Waals surface area contributed by atoms with Gasteiger partial charge in [-0.2, -0.15) is 0 Å². The van der Waals surface area contributed by atoms with E-state index in [0.717, 1.165) is 31.1 Å². The molecule has 1 saturated carbocycles. The fourth-order valence-corrected chi connectivity index (χ4v) is 3.57. The monoisotopic (exact) mass is 317 g/mol. The quantitative estimate of drug-likeness (QED) is 0.698. The summed E-state index contributed by atoms with van der Waals surface area (Å²) in [4.78, 5) is 12.3. The van der Waals surface area contributed by atoms with Crippen LogP contribution >= 0.6 is 15.9 Å². The molecule has 0 aliphatic heterocycles. The summed E-state index contributed by atoms with van der Waals surface area (Å²) in [5, 5.41) is 4.24. The molecule has 0 radical (unpaired) electrons. The lowest BCUT2D eigenvalue weighted by Crippen LogP contribution is -2.42. The van der Waals surface area contributed by atoms with E-state index in [1.165, 1.54) is 32.1 Å². The molecule has 1 amide bonds. The Bertz CT molecular complexity index is 243. The maximum absolute atomic E-state index is 12.3. The average molecular weight is 318 g/mol. The lowest BCUT2D eigenvalue weighted by molar-refractivity contribution is -0.132. The van der Waals surface area contributed by atoms with Crippen molar-refractivity contribution in [1.29, 1.82) is 0 Å². The Morgan fingerprint density at radius 1 is 1.28 bits per heavy atom. The molecule has 1 unspecified atom stereocenters. The van der Waals surface area contributed by atoms with Gasteiger partial charge in [-0.25, -0.2) is 0 Å². The molecule has 1 aliphatic carbocycles. The fourth-order valence-electron chi connectivity index (χ4n) is 2.92. The predicted molar refractivity (Wildman–Crippen MR) is 81.0 cm³/mol. The molecule has 0 heterocycles. The van der Waals surface area contributed by atoms with Crippen LogP contribution in [0.15, 0.2) is 0 Å². The molecular formula is C15H28BrNO. The van der Waals surface area contributed by atoms with E-state index in [0.29, 0.717) is 5.92 Å². The van der Waals surface area contributed by atoms with Crippen LogP contribution in [-0.2, 0) is 4.79 Å². The molecule has 2 nitrogen and oxygen atoms in total. The normalized spacial score (nSPS) is 20.4. The highest BCUT2D eigenvalue weighted by molar-refractivity contribution is 9.09. The van der Waals surface area contributed by atoms with Crippen molar-refractivity contribution in [3.05, 3.63) is 0 Å². The number of alkyl halides is 1. The number of hydrogen-bond acceptors (Lipinski definition) is 1. The minimum Gasteiger partial charge on any atom is -0.355 e. The Morgan fingerprint density at radius 3 is 2.50 bits per heavy atom. The summed E-state index contributed by atoms with van der Waals surface area (Å²) in [6, 6.07) is 0. The predicted octanol–water partition coefficient (Wildman–Crippen LogP) is 4.27. The number of nitrogens with one attached hydrogen (secondary N) is 1. The first-order valence-corrected chi connectivity index (χ1v) is 8.59. The zero-order valence-corrected chi connectivity index (χ0v) is 13.5. The van der Waals surface area contributed by atoms with Gasteiger partial charge in [0.1, 0.15) is 0 Å². The van der Waals surface area contributed by atoms with Gasteiger partial charge in [0.2, 0.25) is 5.91 Å². The molecule has 0 aromatic heterocycles. The van der Waals surface area contributed by atoms with Gasteiger partial charge in [-0.1, -0.05) is 55.5 Å². The third kappa shape index (κ3) is 4.91. The highest BCUT2D eigenvalue weighted by Crippen LogP contribution is 2.35. The Kier molecular flexibility index (Phi) is 7.28. The first kappa shape index (κ1) is 16.0.